The van der Waals surface area contributed by atoms with Gasteiger partial charge >= 0.3 is 5.97 Å². The number of H-pyrrole nitrogens is 1. The zero-order valence-electron chi connectivity index (χ0n) is 16.1. The van der Waals surface area contributed by atoms with E-state index in [9.17, 15) is 14.4 Å². The molecule has 4 N–H and O–H groups in total. The highest BCUT2D eigenvalue weighted by Crippen LogP contribution is 2.34. The topological polar surface area (TPSA) is 114 Å². The van der Waals surface area contributed by atoms with Crippen molar-refractivity contribution in [1.82, 2.24) is 4.98 Å². The van der Waals surface area contributed by atoms with Gasteiger partial charge in [-0.15, -0.1) is 0 Å². The van der Waals surface area contributed by atoms with Crippen molar-refractivity contribution in [2.24, 2.45) is 5.73 Å². The fourth-order valence-corrected chi connectivity index (χ4v) is 3.17. The number of amides is 2. The first-order chi connectivity index (χ1) is 13.9. The molecule has 1 heterocycles. The highest BCUT2D eigenvalue weighted by atomic mass is 16.5. The molecule has 0 atom stereocenters. The van der Waals surface area contributed by atoms with Crippen LogP contribution in [0.5, 0.6) is 0 Å². The van der Waals surface area contributed by atoms with E-state index in [0.29, 0.717) is 16.8 Å². The lowest BCUT2D eigenvalue weighted by Gasteiger charge is -2.13. The maximum Gasteiger partial charge on any atom is 0.330 e. The molecule has 0 aliphatic heterocycles. The number of esters is 1. The Morgan fingerprint density at radius 3 is 2.62 bits per heavy atom. The van der Waals surface area contributed by atoms with Gasteiger partial charge in [0.25, 0.3) is 5.91 Å². The fraction of sp³-hybridized carbons (Fsp3) is 0.136. The number of primary amides is 1. The molecule has 148 valence electrons. The molecule has 0 saturated carbocycles. The van der Waals surface area contributed by atoms with Gasteiger partial charge in [-0.1, -0.05) is 18.2 Å². The molecule has 1 aromatic heterocycles. The van der Waals surface area contributed by atoms with Crippen LogP contribution >= 0.6 is 0 Å². The predicted octanol–water partition coefficient (Wildman–Crippen LogP) is 3.30. The molecule has 0 spiro atoms. The summed E-state index contributed by atoms with van der Waals surface area (Å²) >= 11 is 0. The van der Waals surface area contributed by atoms with Crippen LogP contribution in [-0.2, 0) is 14.3 Å². The molecule has 0 saturated heterocycles. The van der Waals surface area contributed by atoms with Crippen LogP contribution in [0.25, 0.3) is 22.0 Å². The van der Waals surface area contributed by atoms with Gasteiger partial charge < -0.3 is 20.8 Å². The number of hydrogen-bond acceptors (Lipinski definition) is 4. The Balaban J connectivity index is 1.94. The van der Waals surface area contributed by atoms with E-state index in [-0.39, 0.29) is 6.61 Å². The second-order valence-electron chi connectivity index (χ2n) is 6.34. The van der Waals surface area contributed by atoms with Crippen molar-refractivity contribution < 1.29 is 19.1 Å². The highest BCUT2D eigenvalue weighted by Gasteiger charge is 2.15. The standard InChI is InChI=1S/C22H21N3O4/c1-3-29-20(27)10-9-19(26)25-18-6-4-5-14(13(18)2)15-7-8-17(22(23)28)21-16(15)11-12-24-21/h4-12,24H,3H2,1-2H3,(H2,23,28)(H,25,26)/b10-9-. The minimum Gasteiger partial charge on any atom is -0.463 e. The molecule has 2 aromatic carbocycles. The molecule has 0 fully saturated rings. The number of carbonyl (C=O) groups excluding carboxylic acids is 3. The largest absolute Gasteiger partial charge is 0.463 e. The molecule has 29 heavy (non-hydrogen) atoms. The van der Waals surface area contributed by atoms with Gasteiger partial charge in [-0.2, -0.15) is 0 Å². The summed E-state index contributed by atoms with van der Waals surface area (Å²) in [5.74, 6) is -1.51. The molecule has 3 rings (SSSR count). The number of rotatable bonds is 6. The smallest absolute Gasteiger partial charge is 0.330 e. The quantitative estimate of drug-likeness (QED) is 0.442. The number of ether oxygens (including phenoxy) is 1. The van der Waals surface area contributed by atoms with E-state index >= 15 is 0 Å². The van der Waals surface area contributed by atoms with Gasteiger partial charge in [-0.3, -0.25) is 9.59 Å². The molecule has 7 heteroatoms. The number of anilines is 1. The van der Waals surface area contributed by atoms with Crippen molar-refractivity contribution in [2.75, 3.05) is 11.9 Å². The Kier molecular flexibility index (Phi) is 5.78. The van der Waals surface area contributed by atoms with Crippen molar-refractivity contribution in [1.29, 1.82) is 0 Å². The first-order valence-electron chi connectivity index (χ1n) is 9.08. The first kappa shape index (κ1) is 19.9. The van der Waals surface area contributed by atoms with Crippen LogP contribution in [0.3, 0.4) is 0 Å². The number of aromatic nitrogens is 1. The van der Waals surface area contributed by atoms with E-state index < -0.39 is 17.8 Å². The third-order valence-corrected chi connectivity index (χ3v) is 4.53. The molecule has 0 radical (unpaired) electrons. The number of carbonyl (C=O) groups is 3. The van der Waals surface area contributed by atoms with Crippen molar-refractivity contribution in [3.63, 3.8) is 0 Å². The summed E-state index contributed by atoms with van der Waals surface area (Å²) < 4.78 is 4.76. The number of aromatic amines is 1. The SMILES string of the molecule is CCOC(=O)/C=C\C(=O)Nc1cccc(-c2ccc(C(N)=O)c3[nH]ccc23)c1C. The molecule has 0 unspecified atom stereocenters. The number of nitrogens with two attached hydrogens (primary N) is 1. The lowest BCUT2D eigenvalue weighted by atomic mass is 9.94. The van der Waals surface area contributed by atoms with Gasteiger partial charge in [-0.25, -0.2) is 4.79 Å². The van der Waals surface area contributed by atoms with E-state index in [1.807, 2.05) is 31.2 Å². The lowest BCUT2D eigenvalue weighted by molar-refractivity contribution is -0.137. The van der Waals surface area contributed by atoms with Crippen molar-refractivity contribution in [3.05, 3.63) is 65.9 Å². The predicted molar refractivity (Wildman–Crippen MR) is 111 cm³/mol. The summed E-state index contributed by atoms with van der Waals surface area (Å²) in [6.07, 6.45) is 3.97. The third kappa shape index (κ3) is 4.19. The van der Waals surface area contributed by atoms with Crippen LogP contribution in [0.1, 0.15) is 22.8 Å². The van der Waals surface area contributed by atoms with Gasteiger partial charge in [0.2, 0.25) is 5.91 Å². The Bertz CT molecular complexity index is 1130. The minimum atomic E-state index is -0.572. The Hall–Kier alpha value is -3.87. The maximum atomic E-state index is 12.1. The van der Waals surface area contributed by atoms with E-state index in [1.54, 1.807) is 25.3 Å². The van der Waals surface area contributed by atoms with Crippen molar-refractivity contribution >= 4 is 34.4 Å². The van der Waals surface area contributed by atoms with Crippen molar-refractivity contribution in [3.8, 4) is 11.1 Å². The molecule has 7 nitrogen and oxygen atoms in total. The zero-order valence-corrected chi connectivity index (χ0v) is 16.1. The normalized spacial score (nSPS) is 11.0. The summed E-state index contributed by atoms with van der Waals surface area (Å²) in [5.41, 5.74) is 9.81. The first-order valence-corrected chi connectivity index (χ1v) is 9.08. The molecule has 0 aliphatic carbocycles. The second-order valence-corrected chi connectivity index (χ2v) is 6.34. The monoisotopic (exact) mass is 391 g/mol. The van der Waals surface area contributed by atoms with E-state index in [1.165, 1.54) is 0 Å². The number of benzene rings is 2. The van der Waals surface area contributed by atoms with Crippen LogP contribution in [0.2, 0.25) is 0 Å². The summed E-state index contributed by atoms with van der Waals surface area (Å²) in [7, 11) is 0. The molecular weight excluding hydrogens is 370 g/mol. The number of nitrogens with one attached hydrogen (secondary N) is 2. The molecular formula is C22H21N3O4. The zero-order chi connectivity index (χ0) is 21.0. The maximum absolute atomic E-state index is 12.1. The molecule has 3 aromatic rings. The summed E-state index contributed by atoms with van der Waals surface area (Å²) in [6, 6.07) is 10.9. The van der Waals surface area contributed by atoms with E-state index in [0.717, 1.165) is 34.2 Å². The third-order valence-electron chi connectivity index (χ3n) is 4.53. The van der Waals surface area contributed by atoms with E-state index in [2.05, 4.69) is 10.3 Å². The Morgan fingerprint density at radius 1 is 1.10 bits per heavy atom. The summed E-state index contributed by atoms with van der Waals surface area (Å²) in [4.78, 5) is 38.2. The van der Waals surface area contributed by atoms with Crippen LogP contribution in [0.15, 0.2) is 54.7 Å². The average Bonchev–Trinajstić information content (AvgIpc) is 3.17. The van der Waals surface area contributed by atoms with Crippen LogP contribution in [-0.4, -0.2) is 29.4 Å². The lowest BCUT2D eigenvalue weighted by Crippen LogP contribution is -2.12. The number of hydrogen-bond donors (Lipinski definition) is 3. The molecule has 0 aliphatic rings. The van der Waals surface area contributed by atoms with Gasteiger partial charge in [0, 0.05) is 29.4 Å². The Labute approximate surface area is 167 Å². The number of fused-ring (bicyclic) bond motifs is 1. The fourth-order valence-electron chi connectivity index (χ4n) is 3.17. The summed E-state index contributed by atoms with van der Waals surface area (Å²) in [5, 5.41) is 3.63. The second kappa shape index (κ2) is 8.43. The van der Waals surface area contributed by atoms with Gasteiger partial charge in [0.1, 0.15) is 0 Å². The Morgan fingerprint density at radius 2 is 1.90 bits per heavy atom. The molecule has 0 bridgehead atoms. The summed E-state index contributed by atoms with van der Waals surface area (Å²) in [6.45, 7) is 3.83. The van der Waals surface area contributed by atoms with E-state index in [4.69, 9.17) is 10.5 Å². The van der Waals surface area contributed by atoms with Crippen molar-refractivity contribution in [2.45, 2.75) is 13.8 Å². The highest BCUT2D eigenvalue weighted by molar-refractivity contribution is 6.10. The minimum absolute atomic E-state index is 0.244. The van der Waals surface area contributed by atoms with Crippen LogP contribution in [0.4, 0.5) is 5.69 Å². The molecule has 2 amide bonds. The van der Waals surface area contributed by atoms with Gasteiger partial charge in [-0.05, 0) is 48.7 Å². The average molecular weight is 391 g/mol. The van der Waals surface area contributed by atoms with Gasteiger partial charge in [0.05, 0.1) is 17.7 Å². The van der Waals surface area contributed by atoms with Crippen LogP contribution in [0, 0.1) is 6.92 Å². The van der Waals surface area contributed by atoms with Gasteiger partial charge in [0.15, 0.2) is 0 Å². The van der Waals surface area contributed by atoms with Crippen LogP contribution < -0.4 is 11.1 Å².